The van der Waals surface area contributed by atoms with Crippen LogP contribution in [0.1, 0.15) is 52.4 Å². The highest BCUT2D eigenvalue weighted by Gasteiger charge is 2.50. The fourth-order valence-corrected chi connectivity index (χ4v) is 7.02. The lowest BCUT2D eigenvalue weighted by Crippen LogP contribution is -2.47. The molecule has 1 saturated carbocycles. The van der Waals surface area contributed by atoms with Crippen molar-refractivity contribution in [2.45, 2.75) is 71.0 Å². The highest BCUT2D eigenvalue weighted by atomic mass is 28.3. The quantitative estimate of drug-likeness (QED) is 0.783. The van der Waals surface area contributed by atoms with Gasteiger partial charge < -0.3 is 5.73 Å². The standard InChI is InChI=1S/C17H29NOSi/c1-5-13-11-14(10-12(13)2)17(16(18)19)9-7-6-8-15(17)20(3)4/h11,15,20H,5-10H2,1-4H3,(H2,18,19). The van der Waals surface area contributed by atoms with Gasteiger partial charge in [0.1, 0.15) is 0 Å². The van der Waals surface area contributed by atoms with Crippen LogP contribution in [0, 0.1) is 5.41 Å². The predicted molar refractivity (Wildman–Crippen MR) is 88.4 cm³/mol. The summed E-state index contributed by atoms with van der Waals surface area (Å²) < 4.78 is 0. The van der Waals surface area contributed by atoms with E-state index < -0.39 is 8.80 Å². The van der Waals surface area contributed by atoms with Gasteiger partial charge in [0.25, 0.3) is 0 Å². The number of hydrogen-bond acceptors (Lipinski definition) is 1. The van der Waals surface area contributed by atoms with Gasteiger partial charge in [-0.1, -0.05) is 56.5 Å². The number of carbonyl (C=O) groups excluding carboxylic acids is 1. The van der Waals surface area contributed by atoms with E-state index in [1.807, 2.05) is 0 Å². The van der Waals surface area contributed by atoms with Crippen LogP contribution in [0.2, 0.25) is 18.6 Å². The Hall–Kier alpha value is -0.833. The Morgan fingerprint density at radius 1 is 1.45 bits per heavy atom. The van der Waals surface area contributed by atoms with Crippen LogP contribution in [0.4, 0.5) is 0 Å². The van der Waals surface area contributed by atoms with E-state index in [0.29, 0.717) is 5.54 Å². The molecule has 2 unspecified atom stereocenters. The Bertz CT molecular complexity index is 464. The molecule has 0 bridgehead atoms. The molecular formula is C17H29NOSi. The van der Waals surface area contributed by atoms with Gasteiger partial charge in [-0.25, -0.2) is 0 Å². The van der Waals surface area contributed by atoms with Gasteiger partial charge in [0.05, 0.1) is 5.41 Å². The summed E-state index contributed by atoms with van der Waals surface area (Å²) in [5.41, 5.74) is 10.4. The van der Waals surface area contributed by atoms with Gasteiger partial charge >= 0.3 is 0 Å². The average Bonchev–Trinajstić information content (AvgIpc) is 2.79. The van der Waals surface area contributed by atoms with Crippen LogP contribution >= 0.6 is 0 Å². The van der Waals surface area contributed by atoms with Gasteiger partial charge in [-0.05, 0) is 37.3 Å². The zero-order valence-electron chi connectivity index (χ0n) is 13.5. The first-order valence-corrected chi connectivity index (χ1v) is 11.1. The van der Waals surface area contributed by atoms with Gasteiger partial charge in [-0.3, -0.25) is 4.79 Å². The van der Waals surface area contributed by atoms with E-state index >= 15 is 0 Å². The molecule has 0 aromatic carbocycles. The fraction of sp³-hybridized carbons (Fsp3) is 0.706. The molecule has 2 N–H and O–H groups in total. The molecule has 0 aliphatic heterocycles. The van der Waals surface area contributed by atoms with Crippen molar-refractivity contribution in [3.8, 4) is 0 Å². The molecule has 0 aromatic heterocycles. The summed E-state index contributed by atoms with van der Waals surface area (Å²) in [5.74, 6) is -0.0557. The minimum Gasteiger partial charge on any atom is -0.369 e. The highest BCUT2D eigenvalue weighted by Crippen LogP contribution is 2.55. The van der Waals surface area contributed by atoms with Crippen LogP contribution in [0.25, 0.3) is 0 Å². The lowest BCUT2D eigenvalue weighted by atomic mass is 9.67. The summed E-state index contributed by atoms with van der Waals surface area (Å²) in [7, 11) is -0.899. The van der Waals surface area contributed by atoms with Crippen molar-refractivity contribution in [3.63, 3.8) is 0 Å². The second-order valence-corrected chi connectivity index (χ2v) is 10.2. The van der Waals surface area contributed by atoms with Crippen molar-refractivity contribution < 1.29 is 4.79 Å². The summed E-state index contributed by atoms with van der Waals surface area (Å²) >= 11 is 0. The Kier molecular flexibility index (Phi) is 4.58. The van der Waals surface area contributed by atoms with E-state index in [0.717, 1.165) is 25.7 Å². The Balaban J connectivity index is 2.43. The number of amides is 1. The molecule has 2 aliphatic rings. The van der Waals surface area contributed by atoms with E-state index in [1.54, 1.807) is 0 Å². The van der Waals surface area contributed by atoms with Crippen LogP contribution in [0.5, 0.6) is 0 Å². The molecule has 3 heteroatoms. The van der Waals surface area contributed by atoms with Crippen LogP contribution in [-0.4, -0.2) is 14.7 Å². The third kappa shape index (κ3) is 2.41. The summed E-state index contributed by atoms with van der Waals surface area (Å²) in [6.07, 6.45) is 8.95. The number of nitrogens with two attached hydrogens (primary N) is 1. The maximum absolute atomic E-state index is 12.5. The first-order chi connectivity index (χ1) is 9.43. The third-order valence-corrected chi connectivity index (χ3v) is 8.03. The predicted octanol–water partition coefficient (Wildman–Crippen LogP) is 3.95. The summed E-state index contributed by atoms with van der Waals surface area (Å²) in [6, 6.07) is 0. The van der Waals surface area contributed by atoms with Gasteiger partial charge in [-0.2, -0.15) is 0 Å². The van der Waals surface area contributed by atoms with Crippen LogP contribution in [0.3, 0.4) is 0 Å². The van der Waals surface area contributed by atoms with Crippen molar-refractivity contribution in [1.29, 1.82) is 0 Å². The summed E-state index contributed by atoms with van der Waals surface area (Å²) in [5, 5.41) is 0. The van der Waals surface area contributed by atoms with E-state index in [9.17, 15) is 4.79 Å². The van der Waals surface area contributed by atoms with Crippen molar-refractivity contribution in [1.82, 2.24) is 0 Å². The molecule has 112 valence electrons. The van der Waals surface area contributed by atoms with Gasteiger partial charge in [0.2, 0.25) is 5.91 Å². The molecule has 1 amide bonds. The van der Waals surface area contributed by atoms with Gasteiger partial charge in [0.15, 0.2) is 0 Å². The molecule has 0 spiro atoms. The molecule has 2 aliphatic carbocycles. The monoisotopic (exact) mass is 291 g/mol. The van der Waals surface area contributed by atoms with Crippen molar-refractivity contribution >= 4 is 14.7 Å². The second kappa shape index (κ2) is 5.88. The maximum Gasteiger partial charge on any atom is 0.227 e. The fourth-order valence-electron chi connectivity index (χ4n) is 4.44. The molecule has 2 nitrogen and oxygen atoms in total. The van der Waals surface area contributed by atoms with Crippen molar-refractivity contribution in [3.05, 3.63) is 22.8 Å². The van der Waals surface area contributed by atoms with Gasteiger partial charge in [0, 0.05) is 8.80 Å². The third-order valence-electron chi connectivity index (χ3n) is 5.52. The zero-order chi connectivity index (χ0) is 14.9. The maximum atomic E-state index is 12.5. The first-order valence-electron chi connectivity index (χ1n) is 8.13. The topological polar surface area (TPSA) is 43.1 Å². The minimum absolute atomic E-state index is 0.0557. The molecule has 0 radical (unpaired) electrons. The smallest absolute Gasteiger partial charge is 0.227 e. The molecule has 2 rings (SSSR count). The molecule has 0 heterocycles. The first kappa shape index (κ1) is 15.6. The Morgan fingerprint density at radius 2 is 2.15 bits per heavy atom. The molecular weight excluding hydrogens is 262 g/mol. The van der Waals surface area contributed by atoms with E-state index in [-0.39, 0.29) is 11.3 Å². The zero-order valence-corrected chi connectivity index (χ0v) is 14.6. The second-order valence-electron chi connectivity index (χ2n) is 6.94. The Labute approximate surface area is 125 Å². The number of rotatable bonds is 4. The van der Waals surface area contributed by atoms with Crippen molar-refractivity contribution in [2.24, 2.45) is 11.1 Å². The SMILES string of the molecule is CCC1=C(C)CC(C2(C(N)=O)CCCCC2[SiH](C)C)=C1. The lowest BCUT2D eigenvalue weighted by Gasteiger charge is -2.45. The summed E-state index contributed by atoms with van der Waals surface area (Å²) in [6.45, 7) is 9.17. The number of hydrogen-bond donors (Lipinski definition) is 1. The van der Waals surface area contributed by atoms with Crippen LogP contribution in [-0.2, 0) is 4.79 Å². The minimum atomic E-state index is -0.899. The highest BCUT2D eigenvalue weighted by molar-refractivity contribution is 6.58. The normalized spacial score (nSPS) is 30.9. The molecule has 20 heavy (non-hydrogen) atoms. The van der Waals surface area contributed by atoms with E-state index in [2.05, 4.69) is 33.0 Å². The number of carbonyl (C=O) groups is 1. The Morgan fingerprint density at radius 3 is 2.65 bits per heavy atom. The van der Waals surface area contributed by atoms with E-state index in [4.69, 9.17) is 5.73 Å². The van der Waals surface area contributed by atoms with E-state index in [1.165, 1.54) is 29.6 Å². The number of allylic oxidation sites excluding steroid dienone is 3. The molecule has 0 aromatic rings. The van der Waals surface area contributed by atoms with Crippen LogP contribution < -0.4 is 5.73 Å². The van der Waals surface area contributed by atoms with Crippen molar-refractivity contribution in [2.75, 3.05) is 0 Å². The average molecular weight is 292 g/mol. The molecule has 0 saturated heterocycles. The molecule has 1 fully saturated rings. The summed E-state index contributed by atoms with van der Waals surface area (Å²) in [4.78, 5) is 12.5. The lowest BCUT2D eigenvalue weighted by molar-refractivity contribution is -0.127. The largest absolute Gasteiger partial charge is 0.369 e. The van der Waals surface area contributed by atoms with Crippen LogP contribution in [0.15, 0.2) is 22.8 Å². The number of primary amides is 1. The van der Waals surface area contributed by atoms with Gasteiger partial charge in [-0.15, -0.1) is 0 Å². The molecule has 2 atom stereocenters.